The molecule has 0 aliphatic carbocycles. The van der Waals surface area contributed by atoms with E-state index in [-0.39, 0.29) is 0 Å². The number of hydrogen-bond acceptors (Lipinski definition) is 4. The van der Waals surface area contributed by atoms with Crippen molar-refractivity contribution in [1.82, 2.24) is 9.89 Å². The quantitative estimate of drug-likeness (QED) is 0.791. The largest absolute Gasteiger partial charge is 0.161 e. The van der Waals surface area contributed by atoms with Gasteiger partial charge in [0.25, 0.3) is 0 Å². The van der Waals surface area contributed by atoms with Crippen LogP contribution in [-0.2, 0) is 6.54 Å². The minimum Gasteiger partial charge on any atom is -0.161 e. The highest BCUT2D eigenvalue weighted by atomic mass is 35.5. The predicted molar refractivity (Wildman–Crippen MR) is 69.6 cm³/mol. The average Bonchev–Trinajstić information content (AvgIpc) is 2.68. The van der Waals surface area contributed by atoms with Gasteiger partial charge in [-0.1, -0.05) is 17.7 Å². The maximum Gasteiger partial charge on any atom is 0.0941 e. The minimum atomic E-state index is 0.637. The normalized spacial score (nSPS) is 13.8. The Morgan fingerprint density at radius 2 is 2.06 bits per heavy atom. The lowest BCUT2D eigenvalue weighted by Gasteiger charge is -2.22. The van der Waals surface area contributed by atoms with Gasteiger partial charge in [-0.05, 0) is 37.3 Å². The Morgan fingerprint density at radius 3 is 2.78 bits per heavy atom. The van der Waals surface area contributed by atoms with Crippen molar-refractivity contribution in [2.75, 3.05) is 5.12 Å². The van der Waals surface area contributed by atoms with Crippen molar-refractivity contribution in [1.29, 1.82) is 0 Å². The molecule has 3 rings (SSSR count). The highest BCUT2D eigenvalue weighted by Crippen LogP contribution is 2.28. The van der Waals surface area contributed by atoms with E-state index in [0.717, 1.165) is 22.6 Å². The van der Waals surface area contributed by atoms with Crippen molar-refractivity contribution in [3.63, 3.8) is 0 Å². The molecule has 1 aromatic carbocycles. The van der Waals surface area contributed by atoms with Crippen LogP contribution >= 0.6 is 11.6 Å². The molecular formula is C12H12ClN5. The fourth-order valence-electron chi connectivity index (χ4n) is 2.00. The van der Waals surface area contributed by atoms with Gasteiger partial charge in [0.15, 0.2) is 0 Å². The third-order valence-corrected chi connectivity index (χ3v) is 3.05. The Labute approximate surface area is 110 Å². The van der Waals surface area contributed by atoms with Gasteiger partial charge in [-0.15, -0.1) is 5.11 Å². The fraction of sp³-hybridized carbons (Fsp3) is 0.250. The van der Waals surface area contributed by atoms with Gasteiger partial charge < -0.3 is 0 Å². The third kappa shape index (κ3) is 1.86. The number of benzene rings is 1. The van der Waals surface area contributed by atoms with Crippen LogP contribution in [0, 0.1) is 13.8 Å². The van der Waals surface area contributed by atoms with Crippen molar-refractivity contribution in [3.8, 4) is 0 Å². The minimum absolute atomic E-state index is 0.637. The van der Waals surface area contributed by atoms with Crippen LogP contribution in [0.3, 0.4) is 0 Å². The summed E-state index contributed by atoms with van der Waals surface area (Å²) in [5.41, 5.74) is 3.90. The molecule has 0 spiro atoms. The molecule has 2 aromatic rings. The Morgan fingerprint density at radius 1 is 1.22 bits per heavy atom. The van der Waals surface area contributed by atoms with E-state index in [2.05, 4.69) is 15.4 Å². The van der Waals surface area contributed by atoms with Crippen LogP contribution in [0.15, 0.2) is 34.6 Å². The molecule has 0 amide bonds. The molecular weight excluding hydrogens is 250 g/mol. The van der Waals surface area contributed by atoms with Crippen molar-refractivity contribution < 1.29 is 0 Å². The number of aromatic nitrogens is 2. The highest BCUT2D eigenvalue weighted by molar-refractivity contribution is 6.30. The van der Waals surface area contributed by atoms with Crippen molar-refractivity contribution in [3.05, 3.63) is 46.2 Å². The Bertz CT molecular complexity index is 631. The maximum atomic E-state index is 5.93. The standard InChI is InChI=1S/C12H12ClN5/c1-8-5-9(2)18(15-8)17-7-10-3-4-11(13)6-12(10)14-16-17/h3-6H,7H2,1-2H3. The number of rotatable bonds is 1. The van der Waals surface area contributed by atoms with Gasteiger partial charge >= 0.3 is 0 Å². The Kier molecular flexibility index (Phi) is 2.56. The van der Waals surface area contributed by atoms with Crippen molar-refractivity contribution in [2.24, 2.45) is 10.3 Å². The highest BCUT2D eigenvalue weighted by Gasteiger charge is 2.17. The molecule has 0 saturated heterocycles. The van der Waals surface area contributed by atoms with E-state index in [4.69, 9.17) is 11.6 Å². The van der Waals surface area contributed by atoms with Gasteiger partial charge in [0.1, 0.15) is 0 Å². The lowest BCUT2D eigenvalue weighted by Crippen LogP contribution is -2.31. The van der Waals surface area contributed by atoms with Crippen LogP contribution in [0.4, 0.5) is 5.69 Å². The number of nitrogens with zero attached hydrogens (tertiary/aromatic N) is 5. The summed E-state index contributed by atoms with van der Waals surface area (Å²) < 4.78 is 0. The molecule has 2 heterocycles. The zero-order valence-corrected chi connectivity index (χ0v) is 10.9. The molecule has 0 bridgehead atoms. The van der Waals surface area contributed by atoms with Gasteiger partial charge in [-0.2, -0.15) is 15.0 Å². The van der Waals surface area contributed by atoms with Crippen LogP contribution < -0.4 is 5.12 Å². The number of hydrogen-bond donors (Lipinski definition) is 0. The Hall–Kier alpha value is -1.88. The van der Waals surface area contributed by atoms with Crippen molar-refractivity contribution >= 4 is 17.3 Å². The Balaban J connectivity index is 1.97. The van der Waals surface area contributed by atoms with E-state index in [1.165, 1.54) is 0 Å². The summed E-state index contributed by atoms with van der Waals surface area (Å²) in [7, 11) is 0. The summed E-state index contributed by atoms with van der Waals surface area (Å²) in [5, 5.41) is 15.1. The molecule has 92 valence electrons. The lowest BCUT2D eigenvalue weighted by molar-refractivity contribution is 0.501. The molecule has 0 atom stereocenters. The molecule has 1 aliphatic rings. The SMILES string of the molecule is Cc1cc(C)n(N2Cc3ccc(Cl)cc3N=N2)n1. The van der Waals surface area contributed by atoms with Crippen LogP contribution in [0.25, 0.3) is 0 Å². The summed E-state index contributed by atoms with van der Waals surface area (Å²) in [6.45, 7) is 4.59. The van der Waals surface area contributed by atoms with Gasteiger partial charge in [0.2, 0.25) is 0 Å². The van der Waals surface area contributed by atoms with Crippen LogP contribution in [0.2, 0.25) is 5.02 Å². The van der Waals surface area contributed by atoms with E-state index in [0.29, 0.717) is 11.6 Å². The van der Waals surface area contributed by atoms with Gasteiger partial charge in [-0.3, -0.25) is 0 Å². The molecule has 5 nitrogen and oxygen atoms in total. The first-order valence-corrected chi connectivity index (χ1v) is 6.02. The zero-order valence-electron chi connectivity index (χ0n) is 10.1. The first-order valence-electron chi connectivity index (χ1n) is 5.64. The van der Waals surface area contributed by atoms with Gasteiger partial charge in [0.05, 0.1) is 23.6 Å². The van der Waals surface area contributed by atoms with Crippen LogP contribution in [-0.4, -0.2) is 9.89 Å². The van der Waals surface area contributed by atoms with E-state index < -0.39 is 0 Å². The molecule has 1 aliphatic heterocycles. The summed E-state index contributed by atoms with van der Waals surface area (Å²) in [4.78, 5) is 1.76. The second-order valence-corrected chi connectivity index (χ2v) is 4.75. The molecule has 0 radical (unpaired) electrons. The number of fused-ring (bicyclic) bond motifs is 1. The first kappa shape index (κ1) is 11.2. The summed E-state index contributed by atoms with van der Waals surface area (Å²) >= 11 is 5.93. The molecule has 18 heavy (non-hydrogen) atoms. The smallest absolute Gasteiger partial charge is 0.0941 e. The molecule has 0 saturated carbocycles. The number of aryl methyl sites for hydroxylation is 2. The molecule has 0 N–H and O–H groups in total. The summed E-state index contributed by atoms with van der Waals surface area (Å²) in [5.74, 6) is 0. The van der Waals surface area contributed by atoms with E-state index in [1.54, 1.807) is 9.91 Å². The van der Waals surface area contributed by atoms with E-state index in [9.17, 15) is 0 Å². The topological polar surface area (TPSA) is 45.8 Å². The molecule has 0 fully saturated rings. The van der Waals surface area contributed by atoms with E-state index >= 15 is 0 Å². The molecule has 0 unspecified atom stereocenters. The first-order chi connectivity index (χ1) is 8.63. The van der Waals surface area contributed by atoms with E-state index in [1.807, 2.05) is 38.1 Å². The summed E-state index contributed by atoms with van der Waals surface area (Å²) in [6.07, 6.45) is 0. The molecule has 1 aromatic heterocycles. The van der Waals surface area contributed by atoms with Crippen LogP contribution in [0.5, 0.6) is 0 Å². The zero-order chi connectivity index (χ0) is 12.7. The van der Waals surface area contributed by atoms with Gasteiger partial charge in [0, 0.05) is 10.6 Å². The average molecular weight is 262 g/mol. The van der Waals surface area contributed by atoms with Gasteiger partial charge in [-0.25, -0.2) is 0 Å². The predicted octanol–water partition coefficient (Wildman–Crippen LogP) is 3.30. The second-order valence-electron chi connectivity index (χ2n) is 4.31. The lowest BCUT2D eigenvalue weighted by atomic mass is 10.2. The summed E-state index contributed by atoms with van der Waals surface area (Å²) in [6, 6.07) is 7.65. The second kappa shape index (κ2) is 4.10. The van der Waals surface area contributed by atoms with Crippen molar-refractivity contribution in [2.45, 2.75) is 20.4 Å². The monoisotopic (exact) mass is 261 g/mol. The number of halogens is 1. The molecule has 6 heteroatoms. The third-order valence-electron chi connectivity index (χ3n) is 2.82. The van der Waals surface area contributed by atoms with Crippen LogP contribution in [0.1, 0.15) is 17.0 Å². The maximum absolute atomic E-state index is 5.93. The fourth-order valence-corrected chi connectivity index (χ4v) is 2.17.